The highest BCUT2D eigenvalue weighted by Gasteiger charge is 2.31. The fraction of sp³-hybridized carbons (Fsp3) is 0.583. The predicted octanol–water partition coefficient (Wildman–Crippen LogP) is 1.24. The number of pyridine rings is 1. The molecule has 0 amide bonds. The zero-order chi connectivity index (χ0) is 12.2. The van der Waals surface area contributed by atoms with Gasteiger partial charge in [0, 0.05) is 31.6 Å². The van der Waals surface area contributed by atoms with Crippen molar-refractivity contribution >= 4 is 5.69 Å². The van der Waals surface area contributed by atoms with Gasteiger partial charge in [0.05, 0.1) is 12.2 Å². The van der Waals surface area contributed by atoms with Crippen LogP contribution in [0.2, 0.25) is 0 Å². The number of anilines is 1. The predicted molar refractivity (Wildman–Crippen MR) is 64.0 cm³/mol. The van der Waals surface area contributed by atoms with Crippen molar-refractivity contribution in [1.82, 2.24) is 4.98 Å². The van der Waals surface area contributed by atoms with E-state index in [0.29, 0.717) is 18.7 Å². The molecule has 0 aliphatic heterocycles. The maximum atomic E-state index is 10.5. The Balaban J connectivity index is 2.88. The Labute approximate surface area is 96.5 Å². The fourth-order valence-corrected chi connectivity index (χ4v) is 1.59. The van der Waals surface area contributed by atoms with Crippen LogP contribution >= 0.6 is 0 Å². The molecule has 1 aromatic rings. The lowest BCUT2D eigenvalue weighted by Crippen LogP contribution is -2.42. The van der Waals surface area contributed by atoms with Gasteiger partial charge in [-0.1, -0.05) is 13.8 Å². The van der Waals surface area contributed by atoms with Crippen molar-refractivity contribution in [2.45, 2.75) is 25.9 Å². The van der Waals surface area contributed by atoms with E-state index in [4.69, 9.17) is 10.5 Å². The van der Waals surface area contributed by atoms with Crippen molar-refractivity contribution in [3.8, 4) is 0 Å². The molecule has 1 rings (SSSR count). The minimum Gasteiger partial charge on any atom is -0.398 e. The SMILES string of the molecule is COCC(O)(Cc1cnccc1N)C(C)C. The molecule has 1 unspecified atom stereocenters. The second kappa shape index (κ2) is 5.27. The first-order chi connectivity index (χ1) is 7.49. The number of aliphatic hydroxyl groups is 1. The van der Waals surface area contributed by atoms with Crippen LogP contribution < -0.4 is 5.73 Å². The number of nitrogens with two attached hydrogens (primary N) is 1. The molecular weight excluding hydrogens is 204 g/mol. The second-order valence-corrected chi connectivity index (χ2v) is 4.44. The van der Waals surface area contributed by atoms with Crippen LogP contribution in [0.25, 0.3) is 0 Å². The summed E-state index contributed by atoms with van der Waals surface area (Å²) in [6, 6.07) is 1.74. The van der Waals surface area contributed by atoms with Gasteiger partial charge < -0.3 is 15.6 Å². The molecule has 3 N–H and O–H groups in total. The van der Waals surface area contributed by atoms with Crippen molar-refractivity contribution in [3.63, 3.8) is 0 Å². The van der Waals surface area contributed by atoms with E-state index in [1.165, 1.54) is 0 Å². The minimum atomic E-state index is -0.897. The zero-order valence-corrected chi connectivity index (χ0v) is 10.1. The van der Waals surface area contributed by atoms with E-state index in [0.717, 1.165) is 5.56 Å². The monoisotopic (exact) mass is 224 g/mol. The van der Waals surface area contributed by atoms with E-state index in [1.54, 1.807) is 25.6 Å². The molecule has 0 spiro atoms. The van der Waals surface area contributed by atoms with Gasteiger partial charge in [0.15, 0.2) is 0 Å². The molecule has 0 saturated heterocycles. The van der Waals surface area contributed by atoms with Crippen LogP contribution in [-0.2, 0) is 11.2 Å². The van der Waals surface area contributed by atoms with Gasteiger partial charge >= 0.3 is 0 Å². The van der Waals surface area contributed by atoms with Gasteiger partial charge in [-0.2, -0.15) is 0 Å². The number of aromatic nitrogens is 1. The number of hydrogen-bond donors (Lipinski definition) is 2. The maximum absolute atomic E-state index is 10.5. The van der Waals surface area contributed by atoms with E-state index in [2.05, 4.69) is 4.98 Å². The Kier molecular flexibility index (Phi) is 4.26. The standard InChI is InChI=1S/C12H20N2O2/c1-9(2)12(15,8-16-3)6-10-7-14-5-4-11(10)13/h4-5,7,9,15H,6,8H2,1-3H3,(H2,13,14). The molecule has 1 heterocycles. The zero-order valence-electron chi connectivity index (χ0n) is 10.1. The molecule has 0 radical (unpaired) electrons. The van der Waals surface area contributed by atoms with Crippen LogP contribution in [0, 0.1) is 5.92 Å². The molecule has 0 aromatic carbocycles. The third-order valence-electron chi connectivity index (χ3n) is 2.91. The van der Waals surface area contributed by atoms with Gasteiger partial charge in [0.1, 0.15) is 0 Å². The van der Waals surface area contributed by atoms with Crippen LogP contribution in [0.4, 0.5) is 5.69 Å². The number of ether oxygens (including phenoxy) is 1. The van der Waals surface area contributed by atoms with Crippen molar-refractivity contribution in [2.24, 2.45) is 5.92 Å². The van der Waals surface area contributed by atoms with Crippen LogP contribution in [0.15, 0.2) is 18.5 Å². The molecule has 0 saturated carbocycles. The van der Waals surface area contributed by atoms with E-state index in [9.17, 15) is 5.11 Å². The Bertz CT molecular complexity index is 342. The first kappa shape index (κ1) is 12.9. The highest BCUT2D eigenvalue weighted by atomic mass is 16.5. The van der Waals surface area contributed by atoms with Gasteiger partial charge in [-0.15, -0.1) is 0 Å². The molecule has 4 nitrogen and oxygen atoms in total. The van der Waals surface area contributed by atoms with Crippen LogP contribution in [0.3, 0.4) is 0 Å². The number of hydrogen-bond acceptors (Lipinski definition) is 4. The third kappa shape index (κ3) is 2.93. The van der Waals surface area contributed by atoms with Gasteiger partial charge in [-0.3, -0.25) is 4.98 Å². The Morgan fingerprint density at radius 1 is 1.56 bits per heavy atom. The third-order valence-corrected chi connectivity index (χ3v) is 2.91. The number of rotatable bonds is 5. The summed E-state index contributed by atoms with van der Waals surface area (Å²) in [7, 11) is 1.58. The summed E-state index contributed by atoms with van der Waals surface area (Å²) in [5, 5.41) is 10.5. The quantitative estimate of drug-likeness (QED) is 0.789. The molecular formula is C12H20N2O2. The average Bonchev–Trinajstić information content (AvgIpc) is 2.21. The topological polar surface area (TPSA) is 68.4 Å². The highest BCUT2D eigenvalue weighted by Crippen LogP contribution is 2.24. The first-order valence-electron chi connectivity index (χ1n) is 5.39. The van der Waals surface area contributed by atoms with E-state index in [1.807, 2.05) is 13.8 Å². The molecule has 0 bridgehead atoms. The van der Waals surface area contributed by atoms with Crippen molar-refractivity contribution in [2.75, 3.05) is 19.5 Å². The Hall–Kier alpha value is -1.13. The summed E-state index contributed by atoms with van der Waals surface area (Å²) in [4.78, 5) is 4.02. The lowest BCUT2D eigenvalue weighted by atomic mass is 9.85. The highest BCUT2D eigenvalue weighted by molar-refractivity contribution is 5.45. The van der Waals surface area contributed by atoms with Crippen LogP contribution in [0.1, 0.15) is 19.4 Å². The van der Waals surface area contributed by atoms with Crippen LogP contribution in [0.5, 0.6) is 0 Å². The minimum absolute atomic E-state index is 0.0899. The van der Waals surface area contributed by atoms with Gasteiger partial charge in [-0.25, -0.2) is 0 Å². The van der Waals surface area contributed by atoms with Crippen molar-refractivity contribution in [3.05, 3.63) is 24.0 Å². The summed E-state index contributed by atoms with van der Waals surface area (Å²) in [5.74, 6) is 0.0899. The summed E-state index contributed by atoms with van der Waals surface area (Å²) >= 11 is 0. The van der Waals surface area contributed by atoms with E-state index in [-0.39, 0.29) is 5.92 Å². The molecule has 4 heteroatoms. The summed E-state index contributed by atoms with van der Waals surface area (Å²) in [5.41, 5.74) is 6.45. The van der Waals surface area contributed by atoms with Gasteiger partial charge in [0.25, 0.3) is 0 Å². The first-order valence-corrected chi connectivity index (χ1v) is 5.39. The van der Waals surface area contributed by atoms with Crippen molar-refractivity contribution in [1.29, 1.82) is 0 Å². The van der Waals surface area contributed by atoms with E-state index < -0.39 is 5.60 Å². The molecule has 90 valence electrons. The number of nitrogens with zero attached hydrogens (tertiary/aromatic N) is 1. The molecule has 0 aliphatic carbocycles. The molecule has 0 aliphatic rings. The van der Waals surface area contributed by atoms with Crippen molar-refractivity contribution < 1.29 is 9.84 Å². The number of methoxy groups -OCH3 is 1. The molecule has 0 fully saturated rings. The molecule has 16 heavy (non-hydrogen) atoms. The van der Waals surface area contributed by atoms with E-state index >= 15 is 0 Å². The number of nitrogen functional groups attached to an aromatic ring is 1. The normalized spacial score (nSPS) is 15.1. The van der Waals surface area contributed by atoms with Gasteiger partial charge in [0.2, 0.25) is 0 Å². The molecule has 1 atom stereocenters. The molecule has 1 aromatic heterocycles. The fourth-order valence-electron chi connectivity index (χ4n) is 1.59. The van der Waals surface area contributed by atoms with Gasteiger partial charge in [-0.05, 0) is 17.5 Å². The summed E-state index contributed by atoms with van der Waals surface area (Å²) in [6.07, 6.45) is 3.79. The lowest BCUT2D eigenvalue weighted by molar-refractivity contribution is -0.0636. The maximum Gasteiger partial charge on any atom is 0.0944 e. The summed E-state index contributed by atoms with van der Waals surface area (Å²) in [6.45, 7) is 4.22. The average molecular weight is 224 g/mol. The Morgan fingerprint density at radius 2 is 2.25 bits per heavy atom. The smallest absolute Gasteiger partial charge is 0.0944 e. The largest absolute Gasteiger partial charge is 0.398 e. The summed E-state index contributed by atoms with van der Waals surface area (Å²) < 4.78 is 5.07. The lowest BCUT2D eigenvalue weighted by Gasteiger charge is -2.31. The second-order valence-electron chi connectivity index (χ2n) is 4.44. The Morgan fingerprint density at radius 3 is 2.75 bits per heavy atom. The van der Waals surface area contributed by atoms with Crippen LogP contribution in [-0.4, -0.2) is 29.4 Å².